The standard InChI is InChI=1S/C25H28N6/c1-30-18-28-24-23(30)15-22(29-25(24)27-16-19-5-3-2-4-6-19)21-9-13-31(14-10-21)17-20-7-11-26-12-8-20/h2-8,11-12,15,18,21H,9-10,13-14,16-17H2,1H3,(H,27,29). The van der Waals surface area contributed by atoms with Gasteiger partial charge in [0.2, 0.25) is 0 Å². The fourth-order valence-electron chi connectivity index (χ4n) is 4.39. The van der Waals surface area contributed by atoms with Gasteiger partial charge in [0.1, 0.15) is 5.52 Å². The van der Waals surface area contributed by atoms with Crippen molar-refractivity contribution in [1.82, 2.24) is 24.4 Å². The second-order valence-electron chi connectivity index (χ2n) is 8.36. The number of rotatable bonds is 6. The number of likely N-dealkylation sites (tertiary alicyclic amines) is 1. The van der Waals surface area contributed by atoms with Crippen LogP contribution in [0.15, 0.2) is 67.3 Å². The summed E-state index contributed by atoms with van der Waals surface area (Å²) in [6.07, 6.45) is 7.87. The molecule has 0 radical (unpaired) electrons. The van der Waals surface area contributed by atoms with Gasteiger partial charge in [-0.1, -0.05) is 30.3 Å². The molecule has 31 heavy (non-hydrogen) atoms. The molecule has 5 rings (SSSR count). The second-order valence-corrected chi connectivity index (χ2v) is 8.36. The molecule has 0 aliphatic carbocycles. The first-order valence-corrected chi connectivity index (χ1v) is 11.0. The smallest absolute Gasteiger partial charge is 0.154 e. The molecule has 158 valence electrons. The van der Waals surface area contributed by atoms with Crippen molar-refractivity contribution in [3.63, 3.8) is 0 Å². The van der Waals surface area contributed by atoms with Crippen molar-refractivity contribution in [2.24, 2.45) is 7.05 Å². The molecule has 0 saturated carbocycles. The van der Waals surface area contributed by atoms with Crippen molar-refractivity contribution in [2.45, 2.75) is 31.8 Å². The normalized spacial score (nSPS) is 15.4. The highest BCUT2D eigenvalue weighted by Crippen LogP contribution is 2.31. The van der Waals surface area contributed by atoms with Gasteiger partial charge in [0, 0.05) is 44.1 Å². The topological polar surface area (TPSA) is 58.9 Å². The number of hydrogen-bond acceptors (Lipinski definition) is 5. The lowest BCUT2D eigenvalue weighted by molar-refractivity contribution is 0.203. The molecule has 0 amide bonds. The molecule has 1 aliphatic heterocycles. The number of nitrogens with zero attached hydrogens (tertiary/aromatic N) is 5. The lowest BCUT2D eigenvalue weighted by Gasteiger charge is -2.32. The van der Waals surface area contributed by atoms with Crippen LogP contribution < -0.4 is 5.32 Å². The van der Waals surface area contributed by atoms with E-state index in [1.807, 2.05) is 24.8 Å². The number of fused-ring (bicyclic) bond motifs is 1. The van der Waals surface area contributed by atoms with Crippen LogP contribution in [0.4, 0.5) is 5.82 Å². The Kier molecular flexibility index (Phi) is 5.63. The van der Waals surface area contributed by atoms with Crippen molar-refractivity contribution in [3.05, 3.63) is 84.1 Å². The number of aryl methyl sites for hydroxylation is 1. The van der Waals surface area contributed by atoms with Gasteiger partial charge in [-0.05, 0) is 55.3 Å². The first-order valence-electron chi connectivity index (χ1n) is 11.0. The van der Waals surface area contributed by atoms with E-state index in [4.69, 9.17) is 4.98 Å². The lowest BCUT2D eigenvalue weighted by atomic mass is 9.92. The third-order valence-electron chi connectivity index (χ3n) is 6.20. The zero-order chi connectivity index (χ0) is 21.0. The van der Waals surface area contributed by atoms with Crippen LogP contribution in [0.5, 0.6) is 0 Å². The Balaban J connectivity index is 1.32. The Hall–Kier alpha value is -3.25. The summed E-state index contributed by atoms with van der Waals surface area (Å²) in [6.45, 7) is 3.91. The summed E-state index contributed by atoms with van der Waals surface area (Å²) >= 11 is 0. The van der Waals surface area contributed by atoms with Crippen molar-refractivity contribution >= 4 is 16.9 Å². The van der Waals surface area contributed by atoms with E-state index in [1.54, 1.807) is 0 Å². The summed E-state index contributed by atoms with van der Waals surface area (Å²) in [5.74, 6) is 1.36. The van der Waals surface area contributed by atoms with Crippen LogP contribution in [0.1, 0.15) is 35.6 Å². The number of imidazole rings is 1. The van der Waals surface area contributed by atoms with Gasteiger partial charge < -0.3 is 9.88 Å². The summed E-state index contributed by atoms with van der Waals surface area (Å²) in [4.78, 5) is 16.3. The monoisotopic (exact) mass is 412 g/mol. The minimum Gasteiger partial charge on any atom is -0.364 e. The number of benzene rings is 1. The fraction of sp³-hybridized carbons (Fsp3) is 0.320. The van der Waals surface area contributed by atoms with Gasteiger partial charge in [0.05, 0.1) is 11.8 Å². The largest absolute Gasteiger partial charge is 0.364 e. The van der Waals surface area contributed by atoms with E-state index in [-0.39, 0.29) is 0 Å². The molecule has 1 fully saturated rings. The SMILES string of the molecule is Cn1cnc2c(NCc3ccccc3)nc(C3CCN(Cc4ccncc4)CC3)cc21. The van der Waals surface area contributed by atoms with E-state index in [0.29, 0.717) is 5.92 Å². The fourth-order valence-corrected chi connectivity index (χ4v) is 4.39. The molecule has 0 bridgehead atoms. The van der Waals surface area contributed by atoms with Crippen LogP contribution in [0.3, 0.4) is 0 Å². The highest BCUT2D eigenvalue weighted by molar-refractivity contribution is 5.86. The van der Waals surface area contributed by atoms with Crippen LogP contribution in [0.25, 0.3) is 11.0 Å². The Labute approximate surface area is 183 Å². The average molecular weight is 413 g/mol. The zero-order valence-electron chi connectivity index (χ0n) is 17.9. The van der Waals surface area contributed by atoms with E-state index in [0.717, 1.165) is 55.9 Å². The maximum Gasteiger partial charge on any atom is 0.154 e. The summed E-state index contributed by atoms with van der Waals surface area (Å²) in [5, 5.41) is 3.53. The first kappa shape index (κ1) is 19.7. The minimum absolute atomic E-state index is 0.477. The maximum atomic E-state index is 5.05. The number of hydrogen-bond donors (Lipinski definition) is 1. The van der Waals surface area contributed by atoms with Crippen LogP contribution >= 0.6 is 0 Å². The second kappa shape index (κ2) is 8.86. The van der Waals surface area contributed by atoms with Gasteiger partial charge in [0.15, 0.2) is 5.82 Å². The molecule has 0 spiro atoms. The lowest BCUT2D eigenvalue weighted by Crippen LogP contribution is -2.32. The van der Waals surface area contributed by atoms with Crippen molar-refractivity contribution in [2.75, 3.05) is 18.4 Å². The molecular formula is C25H28N6. The van der Waals surface area contributed by atoms with Gasteiger partial charge in [0.25, 0.3) is 0 Å². The summed E-state index contributed by atoms with van der Waals surface area (Å²) < 4.78 is 2.09. The third-order valence-corrected chi connectivity index (χ3v) is 6.20. The van der Waals surface area contributed by atoms with Crippen LogP contribution in [0.2, 0.25) is 0 Å². The maximum absolute atomic E-state index is 5.05. The molecule has 1 aromatic carbocycles. The van der Waals surface area contributed by atoms with Crippen LogP contribution in [-0.2, 0) is 20.1 Å². The number of pyridine rings is 2. The van der Waals surface area contributed by atoms with Crippen molar-refractivity contribution < 1.29 is 0 Å². The number of anilines is 1. The molecule has 0 unspecified atom stereocenters. The summed E-state index contributed by atoms with van der Waals surface area (Å²) in [7, 11) is 2.05. The van der Waals surface area contributed by atoms with E-state index in [9.17, 15) is 0 Å². The first-order chi connectivity index (χ1) is 15.3. The Morgan fingerprint density at radius 1 is 1.00 bits per heavy atom. The van der Waals surface area contributed by atoms with Crippen molar-refractivity contribution in [3.8, 4) is 0 Å². The summed E-state index contributed by atoms with van der Waals surface area (Å²) in [6, 6.07) is 16.9. The molecule has 4 heterocycles. The Morgan fingerprint density at radius 3 is 2.55 bits per heavy atom. The molecule has 0 atom stereocenters. The third kappa shape index (κ3) is 4.44. The van der Waals surface area contributed by atoms with E-state index in [2.05, 4.69) is 74.3 Å². The quantitative estimate of drug-likeness (QED) is 0.510. The van der Waals surface area contributed by atoms with Crippen LogP contribution in [0, 0.1) is 0 Å². The predicted octanol–water partition coefficient (Wildman–Crippen LogP) is 4.36. The summed E-state index contributed by atoms with van der Waals surface area (Å²) in [5.41, 5.74) is 5.82. The average Bonchev–Trinajstić information content (AvgIpc) is 3.20. The number of piperidine rings is 1. The molecule has 6 heteroatoms. The molecule has 1 saturated heterocycles. The highest BCUT2D eigenvalue weighted by Gasteiger charge is 2.23. The van der Waals surface area contributed by atoms with Gasteiger partial charge in [-0.25, -0.2) is 9.97 Å². The molecule has 1 aliphatic rings. The molecule has 3 aromatic heterocycles. The molecule has 1 N–H and O–H groups in total. The Bertz CT molecular complexity index is 1130. The minimum atomic E-state index is 0.477. The Morgan fingerprint density at radius 2 is 1.77 bits per heavy atom. The van der Waals surface area contributed by atoms with Crippen LogP contribution in [-0.4, -0.2) is 37.5 Å². The van der Waals surface area contributed by atoms with Gasteiger partial charge in [-0.3, -0.25) is 9.88 Å². The van der Waals surface area contributed by atoms with Gasteiger partial charge >= 0.3 is 0 Å². The molecule has 4 aromatic rings. The molecular weight excluding hydrogens is 384 g/mol. The van der Waals surface area contributed by atoms with Gasteiger partial charge in [-0.2, -0.15) is 0 Å². The van der Waals surface area contributed by atoms with E-state index in [1.165, 1.54) is 16.8 Å². The highest BCUT2D eigenvalue weighted by atomic mass is 15.1. The van der Waals surface area contributed by atoms with Gasteiger partial charge in [-0.15, -0.1) is 0 Å². The van der Waals surface area contributed by atoms with E-state index < -0.39 is 0 Å². The van der Waals surface area contributed by atoms with E-state index >= 15 is 0 Å². The number of aromatic nitrogens is 4. The zero-order valence-corrected chi connectivity index (χ0v) is 17.9. The van der Waals surface area contributed by atoms with Crippen molar-refractivity contribution in [1.29, 1.82) is 0 Å². The number of nitrogens with one attached hydrogen (secondary N) is 1. The predicted molar refractivity (Wildman–Crippen MR) is 124 cm³/mol. The molecule has 6 nitrogen and oxygen atoms in total.